The van der Waals surface area contributed by atoms with E-state index in [-0.39, 0.29) is 36.1 Å². The number of aliphatic hydroxyl groups is 1. The smallest absolute Gasteiger partial charge is 0.406 e. The highest BCUT2D eigenvalue weighted by Crippen LogP contribution is 2.60. The number of aryl methyl sites for hydroxylation is 4. The van der Waals surface area contributed by atoms with E-state index in [4.69, 9.17) is 53.3 Å². The lowest BCUT2D eigenvalue weighted by molar-refractivity contribution is -0.302. The SMILES string of the molecule is CC(=O)O.CC(=O)[O-].COC(=O)NCCCCCCO.Cc1ccc2c(c1)Oc1cc(C)ccc1C21OC(=O)c2ccccc21.Cc1ccc2c(c1)Oc1cc(C)ccc1C21OC(=O)c2ccccc21.O=C1OC2(c3ccc(O)cc3Oc3cc(O)ccc32)c2ccccc21. The molecule has 3 spiro atoms. The van der Waals surface area contributed by atoms with Crippen LogP contribution in [0, 0.1) is 27.7 Å². The van der Waals surface area contributed by atoms with Gasteiger partial charge >= 0.3 is 24.0 Å². The van der Waals surface area contributed by atoms with Crippen molar-refractivity contribution < 1.29 is 87.5 Å². The van der Waals surface area contributed by atoms with Crippen LogP contribution in [0.15, 0.2) is 182 Å². The van der Waals surface area contributed by atoms with Gasteiger partial charge in [0, 0.05) is 88.2 Å². The van der Waals surface area contributed by atoms with E-state index in [0.717, 1.165) is 118 Å². The van der Waals surface area contributed by atoms with Crippen LogP contribution in [0.25, 0.3) is 0 Å². The average Bonchev–Trinajstić information content (AvgIpc) is 1.64. The zero-order valence-electron chi connectivity index (χ0n) is 53.1. The van der Waals surface area contributed by atoms with Crippen molar-refractivity contribution in [1.29, 1.82) is 0 Å². The molecule has 0 atom stereocenters. The number of hydrogen-bond donors (Lipinski definition) is 5. The zero-order valence-corrected chi connectivity index (χ0v) is 53.1. The van der Waals surface area contributed by atoms with Gasteiger partial charge in [0.05, 0.1) is 23.8 Å². The van der Waals surface area contributed by atoms with Crippen LogP contribution in [-0.2, 0) is 45.3 Å². The molecule has 0 unspecified atom stereocenters. The molecule has 9 aromatic carbocycles. The summed E-state index contributed by atoms with van der Waals surface area (Å²) in [5.41, 5.74) is 10.2. The van der Waals surface area contributed by atoms with E-state index in [1.807, 2.05) is 161 Å². The second-order valence-corrected chi connectivity index (χ2v) is 23.1. The lowest BCUT2D eigenvalue weighted by Gasteiger charge is -2.36. The zero-order chi connectivity index (χ0) is 67.9. The van der Waals surface area contributed by atoms with Gasteiger partial charge in [0.2, 0.25) is 0 Å². The van der Waals surface area contributed by atoms with Crippen LogP contribution < -0.4 is 24.6 Å². The molecule has 0 radical (unpaired) electrons. The number of carboxylic acid groups (broad SMARTS) is 2. The molecule has 5 N–H and O–H groups in total. The number of ether oxygens (including phenoxy) is 7. The molecule has 0 aromatic heterocycles. The van der Waals surface area contributed by atoms with E-state index in [1.165, 1.54) is 31.4 Å². The van der Waals surface area contributed by atoms with Crippen LogP contribution in [0.3, 0.4) is 0 Å². The van der Waals surface area contributed by atoms with Crippen LogP contribution in [0.4, 0.5) is 4.79 Å². The highest BCUT2D eigenvalue weighted by Gasteiger charge is 2.56. The van der Waals surface area contributed by atoms with Crippen LogP contribution in [0.5, 0.6) is 46.0 Å². The molecule has 19 heteroatoms. The largest absolute Gasteiger partial charge is 0.550 e. The van der Waals surface area contributed by atoms with Gasteiger partial charge in [-0.2, -0.15) is 0 Å². The Morgan fingerprint density at radius 1 is 0.432 bits per heavy atom. The third-order valence-electron chi connectivity index (χ3n) is 16.3. The Labute approximate surface area is 547 Å². The number of carbonyl (C=O) groups is 6. The van der Waals surface area contributed by atoms with Crippen molar-refractivity contribution in [2.24, 2.45) is 0 Å². The van der Waals surface area contributed by atoms with Gasteiger partial charge in [-0.25, -0.2) is 19.2 Å². The number of phenolic OH excluding ortho intramolecular Hbond substituents is 2. The highest BCUT2D eigenvalue weighted by atomic mass is 16.6. The Bertz CT molecular complexity index is 3890. The molecule has 0 saturated carbocycles. The Balaban J connectivity index is 0.000000136. The molecule has 6 aliphatic heterocycles. The molecule has 95 heavy (non-hydrogen) atoms. The molecule has 0 bridgehead atoms. The van der Waals surface area contributed by atoms with Crippen molar-refractivity contribution in [3.63, 3.8) is 0 Å². The maximum Gasteiger partial charge on any atom is 0.406 e. The normalized spacial score (nSPS) is 14.2. The first-order valence-electron chi connectivity index (χ1n) is 30.5. The molecule has 9 aromatic rings. The number of rotatable bonds is 6. The second kappa shape index (κ2) is 27.8. The predicted molar refractivity (Wildman–Crippen MR) is 346 cm³/mol. The molecule has 15 rings (SSSR count). The van der Waals surface area contributed by atoms with E-state index >= 15 is 0 Å². The summed E-state index contributed by atoms with van der Waals surface area (Å²) in [4.78, 5) is 66.2. The van der Waals surface area contributed by atoms with Crippen molar-refractivity contribution in [2.45, 2.75) is 84.0 Å². The Morgan fingerprint density at radius 2 is 0.705 bits per heavy atom. The third-order valence-corrected chi connectivity index (χ3v) is 16.3. The van der Waals surface area contributed by atoms with Gasteiger partial charge in [-0.05, 0) is 136 Å². The minimum absolute atomic E-state index is 0.0371. The summed E-state index contributed by atoms with van der Waals surface area (Å²) in [6.07, 6.45) is 3.45. The molecule has 0 fully saturated rings. The number of carbonyl (C=O) groups excluding carboxylic acids is 5. The molecular weight excluding hydrogens is 1210 g/mol. The molecule has 0 aliphatic carbocycles. The maximum atomic E-state index is 12.6. The lowest BCUT2D eigenvalue weighted by atomic mass is 9.77. The van der Waals surface area contributed by atoms with Gasteiger partial charge < -0.3 is 68.8 Å². The summed E-state index contributed by atoms with van der Waals surface area (Å²) in [6, 6.07) is 55.9. The van der Waals surface area contributed by atoms with Gasteiger partial charge in [-0.15, -0.1) is 0 Å². The van der Waals surface area contributed by atoms with Crippen LogP contribution >= 0.6 is 0 Å². The lowest BCUT2D eigenvalue weighted by Crippen LogP contribution is -2.33. The van der Waals surface area contributed by atoms with Crippen molar-refractivity contribution in [3.8, 4) is 46.0 Å². The standard InChI is InChI=1S/2C22H16O3.C20H12O5.C8H17NO3.2C2H4O2/c2*1-13-7-9-17-19(11-13)24-20-12-14(2)8-10-18(20)22(17)16-6-4-3-5-15(16)21(23)25-22;21-11-5-7-15-17(9-11)24-18-10-12(22)6-8-16(18)20(15)14-4-2-1-3-13(14)19(23)25-20;1-12-8(11)9-6-4-2-3-5-7-10;2*1-2(3)4/h2*3-12H,1-2H3;1-10,21-22H;10H,2-7H2,1H3,(H,9,11);2*1H3,(H,3,4)/p-1. The van der Waals surface area contributed by atoms with E-state index in [9.17, 15) is 29.4 Å². The second-order valence-electron chi connectivity index (χ2n) is 23.1. The van der Waals surface area contributed by atoms with Crippen molar-refractivity contribution in [1.82, 2.24) is 5.32 Å². The number of hydrogen-bond acceptors (Lipinski definition) is 17. The third kappa shape index (κ3) is 13.1. The van der Waals surface area contributed by atoms with Gasteiger partial charge in [-0.1, -0.05) is 116 Å². The number of esters is 3. The molecule has 6 aliphatic rings. The topological polar surface area (TPSA) is 283 Å². The number of aliphatic carboxylic acids is 2. The number of aromatic hydroxyl groups is 2. The van der Waals surface area contributed by atoms with Crippen LogP contribution in [0.1, 0.15) is 143 Å². The van der Waals surface area contributed by atoms with Gasteiger partial charge in [0.1, 0.15) is 46.0 Å². The predicted octanol–water partition coefficient (Wildman–Crippen LogP) is 13.2. The minimum atomic E-state index is -1.17. The van der Waals surface area contributed by atoms with E-state index in [2.05, 4.69) is 10.1 Å². The molecule has 0 saturated heterocycles. The molecule has 19 nitrogen and oxygen atoms in total. The number of aliphatic hydroxyl groups excluding tert-OH is 1. The number of benzene rings is 9. The summed E-state index contributed by atoms with van der Waals surface area (Å²) >= 11 is 0. The quantitative estimate of drug-likeness (QED) is 0.0587. The number of carboxylic acids is 2. The van der Waals surface area contributed by atoms with E-state index < -0.39 is 34.7 Å². The minimum Gasteiger partial charge on any atom is -0.550 e. The number of alkyl carbamates (subject to hydrolysis) is 1. The molecule has 1 amide bonds. The van der Waals surface area contributed by atoms with Crippen molar-refractivity contribution in [2.75, 3.05) is 20.3 Å². The molecule has 486 valence electrons. The van der Waals surface area contributed by atoms with E-state index in [0.29, 0.717) is 51.4 Å². The number of methoxy groups -OCH3 is 1. The Hall–Kier alpha value is -11.4. The number of amides is 1. The molecular formula is C76H68NO18-. The average molecular weight is 1280 g/mol. The summed E-state index contributed by atoms with van der Waals surface area (Å²) in [5, 5.41) is 47.0. The maximum absolute atomic E-state index is 12.6. The van der Waals surface area contributed by atoms with Crippen LogP contribution in [0.2, 0.25) is 0 Å². The summed E-state index contributed by atoms with van der Waals surface area (Å²) in [7, 11) is 1.35. The highest BCUT2D eigenvalue weighted by molar-refractivity contribution is 5.99. The van der Waals surface area contributed by atoms with E-state index in [1.54, 1.807) is 24.3 Å². The number of nitrogens with one attached hydrogen (secondary N) is 1. The fraction of sp³-hybridized carbons (Fsp3) is 0.211. The van der Waals surface area contributed by atoms with Gasteiger partial charge in [0.15, 0.2) is 16.8 Å². The monoisotopic (exact) mass is 1280 g/mol. The van der Waals surface area contributed by atoms with Crippen molar-refractivity contribution >= 4 is 35.9 Å². The summed E-state index contributed by atoms with van der Waals surface area (Å²) in [5.74, 6) is 0.854. The number of phenols is 2. The van der Waals surface area contributed by atoms with Gasteiger partial charge in [0.25, 0.3) is 5.97 Å². The first-order chi connectivity index (χ1) is 45.5. The number of unbranched alkanes of at least 4 members (excludes halogenated alkanes) is 3. The fourth-order valence-electron chi connectivity index (χ4n) is 12.3. The summed E-state index contributed by atoms with van der Waals surface area (Å²) in [6.45, 7) is 11.1. The number of fused-ring (bicyclic) bond motifs is 18. The molecule has 6 heterocycles. The first-order valence-corrected chi connectivity index (χ1v) is 30.5. The van der Waals surface area contributed by atoms with Crippen molar-refractivity contribution in [3.05, 3.63) is 271 Å². The summed E-state index contributed by atoms with van der Waals surface area (Å²) < 4.78 is 40.7. The van der Waals surface area contributed by atoms with Gasteiger partial charge in [-0.3, -0.25) is 4.79 Å². The fourth-order valence-corrected chi connectivity index (χ4v) is 12.3. The van der Waals surface area contributed by atoms with Crippen LogP contribution in [-0.4, -0.2) is 76.6 Å². The first kappa shape index (κ1) is 66.5. The Kier molecular flexibility index (Phi) is 19.5. The Morgan fingerprint density at radius 3 is 1.00 bits per heavy atom.